The number of thioether (sulfide) groups is 1. The van der Waals surface area contributed by atoms with Crippen LogP contribution >= 0.6 is 11.8 Å². The van der Waals surface area contributed by atoms with Gasteiger partial charge in [0.1, 0.15) is 5.40 Å². The van der Waals surface area contributed by atoms with E-state index in [4.69, 9.17) is 35.2 Å². The van der Waals surface area contributed by atoms with E-state index in [1.807, 2.05) is 76.2 Å². The molecule has 0 radical (unpaired) electrons. The third-order valence-corrected chi connectivity index (χ3v) is 8.56. The normalized spacial score (nSPS) is 21.9. The molecule has 2 aromatic heterocycles. The van der Waals surface area contributed by atoms with Crippen molar-refractivity contribution >= 4 is 34.6 Å². The summed E-state index contributed by atoms with van der Waals surface area (Å²) < 4.78 is 0. The summed E-state index contributed by atoms with van der Waals surface area (Å²) in [6, 6.07) is 28.6. The van der Waals surface area contributed by atoms with Gasteiger partial charge in [0.2, 0.25) is 0 Å². The smallest absolute Gasteiger partial charge is 0.138 e. The van der Waals surface area contributed by atoms with Gasteiger partial charge in [-0.05, 0) is 107 Å². The lowest BCUT2D eigenvalue weighted by molar-refractivity contribution is 0.680. The number of nitriles is 1. The molecule has 2 atom stereocenters. The highest BCUT2D eigenvalue weighted by Crippen LogP contribution is 2.19. The van der Waals surface area contributed by atoms with E-state index in [0.717, 1.165) is 74.3 Å². The molecule has 0 fully saturated rings. The number of benzene rings is 2. The molecule has 1 aliphatic heterocycles. The molecule has 5 rings (SSSR count). The highest BCUT2D eigenvalue weighted by molar-refractivity contribution is 8.03. The average molecular weight is 626 g/mol. The Labute approximate surface area is 276 Å². The predicted octanol–water partition coefficient (Wildman–Crippen LogP) is 7.53. The Balaban J connectivity index is 1.53. The second kappa shape index (κ2) is 15.5. The molecule has 2 aromatic carbocycles. The third kappa shape index (κ3) is 8.92. The maximum Gasteiger partial charge on any atom is 0.138 e. The first-order valence-corrected chi connectivity index (χ1v) is 16.4. The highest BCUT2D eigenvalue weighted by Gasteiger charge is 2.15. The van der Waals surface area contributed by atoms with Gasteiger partial charge >= 0.3 is 0 Å². The first kappa shape index (κ1) is 32.6. The second-order valence-corrected chi connectivity index (χ2v) is 12.5. The minimum atomic E-state index is -0.113. The van der Waals surface area contributed by atoms with E-state index in [1.165, 1.54) is 11.1 Å². The molecule has 8 heteroatoms. The number of thiocyanates is 1. The van der Waals surface area contributed by atoms with Crippen molar-refractivity contribution in [2.24, 2.45) is 20.0 Å². The van der Waals surface area contributed by atoms with Crippen molar-refractivity contribution < 1.29 is 0 Å². The van der Waals surface area contributed by atoms with Crippen LogP contribution in [0.2, 0.25) is 0 Å². The van der Waals surface area contributed by atoms with Crippen molar-refractivity contribution in [2.45, 2.75) is 64.4 Å². The van der Waals surface area contributed by atoms with E-state index < -0.39 is 0 Å². The highest BCUT2D eigenvalue weighted by atomic mass is 32.2. The summed E-state index contributed by atoms with van der Waals surface area (Å²) in [5.74, 6) is 0. The molecule has 232 valence electrons. The summed E-state index contributed by atoms with van der Waals surface area (Å²) in [6.45, 7) is 11.2. The van der Waals surface area contributed by atoms with E-state index in [2.05, 4.69) is 48.7 Å². The number of aryl methyl sites for hydroxylation is 1. The fourth-order valence-electron chi connectivity index (χ4n) is 5.32. The lowest BCUT2D eigenvalue weighted by Crippen LogP contribution is -2.19. The number of hydrogen-bond donors (Lipinski definition) is 0. The van der Waals surface area contributed by atoms with Gasteiger partial charge in [0, 0.05) is 4.90 Å². The molecule has 0 spiro atoms. The van der Waals surface area contributed by atoms with Gasteiger partial charge in [0.05, 0.1) is 70.8 Å². The molecule has 0 aliphatic carbocycles. The van der Waals surface area contributed by atoms with E-state index in [-0.39, 0.29) is 12.1 Å². The second-order valence-electron chi connectivity index (χ2n) is 11.6. The predicted molar refractivity (Wildman–Crippen MR) is 191 cm³/mol. The van der Waals surface area contributed by atoms with Crippen molar-refractivity contribution in [3.05, 3.63) is 124 Å². The molecule has 0 N–H and O–H groups in total. The van der Waals surface area contributed by atoms with Gasteiger partial charge < -0.3 is 0 Å². The van der Waals surface area contributed by atoms with Gasteiger partial charge in [-0.15, -0.1) is 0 Å². The van der Waals surface area contributed by atoms with Gasteiger partial charge in [0.25, 0.3) is 0 Å². The monoisotopic (exact) mass is 625 g/mol. The summed E-state index contributed by atoms with van der Waals surface area (Å²) in [4.78, 5) is 31.1. The molecule has 4 bridgehead atoms. The van der Waals surface area contributed by atoms with Crippen molar-refractivity contribution in [1.29, 1.82) is 5.26 Å². The fourth-order valence-corrected chi connectivity index (χ4v) is 5.70. The van der Waals surface area contributed by atoms with Crippen molar-refractivity contribution in [3.63, 3.8) is 0 Å². The first-order chi connectivity index (χ1) is 22.3. The standard InChI is InChI=1S/C38H39N7S/c1-25-12-14-30(15-13-25)20-32-22-40-26(2)35-8-7-11-38(45-35)29(5)43-33(21-31-16-18-34(19-17-31)46-24-39)23-41-27(3)36-9-6-10-37(44-36)28(4)42-32/h6-19,32-33H,20-23H2,1-5H3/b40-26+,41-27+,42-28+,43-29+/t32-,33?/m0/s1. The lowest BCUT2D eigenvalue weighted by atomic mass is 10.0. The number of nitrogens with zero attached hydrogens (tertiary/aromatic N) is 7. The van der Waals surface area contributed by atoms with E-state index in [1.54, 1.807) is 0 Å². The average Bonchev–Trinajstić information content (AvgIpc) is 3.07. The summed E-state index contributed by atoms with van der Waals surface area (Å²) in [6.07, 6.45) is 1.47. The van der Waals surface area contributed by atoms with Crippen LogP contribution in [0.25, 0.3) is 0 Å². The molecular formula is C38H39N7S. The van der Waals surface area contributed by atoms with Gasteiger partial charge in [0.15, 0.2) is 0 Å². The topological polar surface area (TPSA) is 99.0 Å². The number of hydrogen-bond acceptors (Lipinski definition) is 8. The first-order valence-electron chi connectivity index (χ1n) is 15.5. The van der Waals surface area contributed by atoms with Crippen LogP contribution in [0, 0.1) is 17.6 Å². The molecule has 1 unspecified atom stereocenters. The Morgan fingerprint density at radius 1 is 0.587 bits per heavy atom. The summed E-state index contributed by atoms with van der Waals surface area (Å²) in [5.41, 5.74) is 10.3. The molecule has 46 heavy (non-hydrogen) atoms. The number of aliphatic imine (C=N–C) groups is 4. The van der Waals surface area contributed by atoms with Gasteiger partial charge in [-0.1, -0.05) is 54.1 Å². The van der Waals surface area contributed by atoms with Crippen LogP contribution in [0.15, 0.2) is 110 Å². The third-order valence-electron chi connectivity index (χ3n) is 7.96. The Hall–Kier alpha value is -4.74. The quantitative estimate of drug-likeness (QED) is 0.169. The van der Waals surface area contributed by atoms with E-state index >= 15 is 0 Å². The minimum Gasteiger partial charge on any atom is -0.286 e. The van der Waals surface area contributed by atoms with Crippen molar-refractivity contribution in [1.82, 2.24) is 9.97 Å². The maximum absolute atomic E-state index is 9.02. The van der Waals surface area contributed by atoms with Crippen LogP contribution in [0.1, 0.15) is 67.2 Å². The number of fused-ring (bicyclic) bond motifs is 4. The zero-order valence-electron chi connectivity index (χ0n) is 27.1. The largest absolute Gasteiger partial charge is 0.286 e. The molecule has 3 heterocycles. The zero-order chi connectivity index (χ0) is 32.5. The Morgan fingerprint density at radius 3 is 1.43 bits per heavy atom. The van der Waals surface area contributed by atoms with Gasteiger partial charge in [-0.25, -0.2) is 9.97 Å². The summed E-state index contributed by atoms with van der Waals surface area (Å²) >= 11 is 1.16. The maximum atomic E-state index is 9.02. The molecule has 4 aromatic rings. The molecular weight excluding hydrogens is 587 g/mol. The van der Waals surface area contributed by atoms with Crippen LogP contribution in [0.5, 0.6) is 0 Å². The summed E-state index contributed by atoms with van der Waals surface area (Å²) in [7, 11) is 0. The lowest BCUT2D eigenvalue weighted by Gasteiger charge is -2.15. The number of pyridine rings is 2. The molecule has 0 saturated carbocycles. The molecule has 0 amide bonds. The van der Waals surface area contributed by atoms with Crippen molar-refractivity contribution in [3.8, 4) is 5.40 Å². The van der Waals surface area contributed by atoms with Crippen LogP contribution in [0.3, 0.4) is 0 Å². The van der Waals surface area contributed by atoms with Crippen LogP contribution in [-0.2, 0) is 12.8 Å². The number of rotatable bonds is 5. The zero-order valence-corrected chi connectivity index (χ0v) is 27.9. The van der Waals surface area contributed by atoms with Crippen molar-refractivity contribution in [2.75, 3.05) is 13.1 Å². The Bertz CT molecular complexity index is 1830. The van der Waals surface area contributed by atoms with Gasteiger partial charge in [-0.3, -0.25) is 20.0 Å². The molecule has 7 nitrogen and oxygen atoms in total. The molecule has 1 aliphatic rings. The SMILES string of the molecule is C/C1=N\C[C@H](Cc2ccc(C)cc2)/N=C(\C)c2cccc(n2)/C(C)=N/CC(Cc2ccc(SC#N)cc2)/N=C(\C)c2cccc1n2. The van der Waals surface area contributed by atoms with E-state index in [9.17, 15) is 0 Å². The van der Waals surface area contributed by atoms with Crippen LogP contribution < -0.4 is 0 Å². The molecule has 0 saturated heterocycles. The van der Waals surface area contributed by atoms with Crippen LogP contribution in [0.4, 0.5) is 0 Å². The Kier molecular flexibility index (Phi) is 11.0. The fraction of sp³-hybridized carbons (Fsp3) is 0.289. The Morgan fingerprint density at radius 2 is 1.00 bits per heavy atom. The minimum absolute atomic E-state index is 0.0587. The van der Waals surface area contributed by atoms with E-state index in [0.29, 0.717) is 19.5 Å². The number of aromatic nitrogens is 2. The van der Waals surface area contributed by atoms with Crippen LogP contribution in [-0.4, -0.2) is 58.0 Å². The summed E-state index contributed by atoms with van der Waals surface area (Å²) in [5, 5.41) is 11.2. The van der Waals surface area contributed by atoms with Gasteiger partial charge in [-0.2, -0.15) is 5.26 Å².